The van der Waals surface area contributed by atoms with Crippen molar-refractivity contribution < 1.29 is 9.47 Å². The molecule has 3 heteroatoms. The zero-order chi connectivity index (χ0) is 18.4. The van der Waals surface area contributed by atoms with E-state index in [0.29, 0.717) is 6.04 Å². The predicted octanol–water partition coefficient (Wildman–Crippen LogP) is 5.34. The van der Waals surface area contributed by atoms with Crippen LogP contribution in [0.25, 0.3) is 0 Å². The van der Waals surface area contributed by atoms with Gasteiger partial charge in [0, 0.05) is 12.6 Å². The van der Waals surface area contributed by atoms with Crippen LogP contribution in [0.2, 0.25) is 0 Å². The Hall–Kier alpha value is -2.26. The Labute approximate surface area is 157 Å². The molecule has 2 atom stereocenters. The zero-order valence-electron chi connectivity index (χ0n) is 16.0. The third-order valence-corrected chi connectivity index (χ3v) is 4.91. The Morgan fingerprint density at radius 3 is 2.62 bits per heavy atom. The van der Waals surface area contributed by atoms with Gasteiger partial charge in [0.25, 0.3) is 0 Å². The van der Waals surface area contributed by atoms with Crippen molar-refractivity contribution in [2.75, 3.05) is 7.11 Å². The highest BCUT2D eigenvalue weighted by atomic mass is 16.5. The highest BCUT2D eigenvalue weighted by Gasteiger charge is 2.14. The van der Waals surface area contributed by atoms with E-state index in [1.54, 1.807) is 7.11 Å². The Morgan fingerprint density at radius 2 is 1.92 bits per heavy atom. The monoisotopic (exact) mass is 351 g/mol. The van der Waals surface area contributed by atoms with Crippen LogP contribution in [0.4, 0.5) is 0 Å². The first kappa shape index (κ1) is 18.5. The molecule has 26 heavy (non-hydrogen) atoms. The minimum absolute atomic E-state index is 0.146. The molecule has 0 saturated carbocycles. The third-order valence-electron chi connectivity index (χ3n) is 4.91. The summed E-state index contributed by atoms with van der Waals surface area (Å²) >= 11 is 0. The molecule has 3 nitrogen and oxygen atoms in total. The fourth-order valence-corrected chi connectivity index (χ4v) is 3.21. The lowest BCUT2D eigenvalue weighted by Crippen LogP contribution is -2.19. The van der Waals surface area contributed by atoms with Crippen LogP contribution in [-0.4, -0.2) is 13.2 Å². The molecular weight excluding hydrogens is 322 g/mol. The van der Waals surface area contributed by atoms with Gasteiger partial charge in [0.15, 0.2) is 11.5 Å². The van der Waals surface area contributed by atoms with Crippen LogP contribution in [-0.2, 0) is 6.54 Å². The Morgan fingerprint density at radius 1 is 1.12 bits per heavy atom. The molecule has 0 radical (unpaired) electrons. The number of allylic oxidation sites excluding steroid dienone is 1. The van der Waals surface area contributed by atoms with Gasteiger partial charge in [-0.2, -0.15) is 0 Å². The smallest absolute Gasteiger partial charge is 0.162 e. The summed E-state index contributed by atoms with van der Waals surface area (Å²) in [6, 6.07) is 15.2. The summed E-state index contributed by atoms with van der Waals surface area (Å²) in [6.45, 7) is 5.09. The number of hydrogen-bond acceptors (Lipinski definition) is 3. The van der Waals surface area contributed by atoms with E-state index >= 15 is 0 Å². The van der Waals surface area contributed by atoms with Crippen LogP contribution in [0.1, 0.15) is 48.9 Å². The highest BCUT2D eigenvalue weighted by Crippen LogP contribution is 2.31. The van der Waals surface area contributed by atoms with Gasteiger partial charge in [-0.1, -0.05) is 42.0 Å². The first-order valence-electron chi connectivity index (χ1n) is 9.46. The summed E-state index contributed by atoms with van der Waals surface area (Å²) < 4.78 is 11.7. The summed E-state index contributed by atoms with van der Waals surface area (Å²) in [5.41, 5.74) is 3.78. The van der Waals surface area contributed by atoms with E-state index < -0.39 is 0 Å². The lowest BCUT2D eigenvalue weighted by molar-refractivity contribution is 0.219. The van der Waals surface area contributed by atoms with Crippen molar-refractivity contribution in [1.29, 1.82) is 0 Å². The van der Waals surface area contributed by atoms with Crippen LogP contribution in [0.5, 0.6) is 11.5 Å². The summed E-state index contributed by atoms with van der Waals surface area (Å²) in [5.74, 6) is 1.62. The number of benzene rings is 2. The minimum Gasteiger partial charge on any atom is -0.493 e. The fraction of sp³-hybridized carbons (Fsp3) is 0.391. The topological polar surface area (TPSA) is 30.5 Å². The molecule has 1 aliphatic rings. The van der Waals surface area contributed by atoms with Gasteiger partial charge >= 0.3 is 0 Å². The van der Waals surface area contributed by atoms with Gasteiger partial charge in [0.1, 0.15) is 6.10 Å². The van der Waals surface area contributed by atoms with Crippen LogP contribution in [0.15, 0.2) is 54.6 Å². The van der Waals surface area contributed by atoms with Gasteiger partial charge in [0.2, 0.25) is 0 Å². The van der Waals surface area contributed by atoms with Gasteiger partial charge in [-0.15, -0.1) is 0 Å². The summed E-state index contributed by atoms with van der Waals surface area (Å²) in [4.78, 5) is 0. The second-order valence-corrected chi connectivity index (χ2v) is 7.01. The first-order valence-corrected chi connectivity index (χ1v) is 9.46. The quantitative estimate of drug-likeness (QED) is 0.683. The molecule has 0 bridgehead atoms. The average Bonchev–Trinajstić information content (AvgIpc) is 2.67. The van der Waals surface area contributed by atoms with E-state index in [1.165, 1.54) is 23.1 Å². The zero-order valence-corrected chi connectivity index (χ0v) is 16.0. The number of rotatable bonds is 7. The SMILES string of the molecule is COc1ccc(CNC(C)c2ccc(C)cc2)cc1OC1C=CCCC1. The molecule has 0 fully saturated rings. The lowest BCUT2D eigenvalue weighted by Gasteiger charge is -2.21. The van der Waals surface area contributed by atoms with E-state index in [1.807, 2.05) is 6.07 Å². The molecule has 2 unspecified atom stereocenters. The maximum Gasteiger partial charge on any atom is 0.162 e. The molecule has 0 spiro atoms. The van der Waals surface area contributed by atoms with Crippen LogP contribution in [0, 0.1) is 6.92 Å². The van der Waals surface area contributed by atoms with E-state index in [-0.39, 0.29) is 6.10 Å². The van der Waals surface area contributed by atoms with Crippen molar-refractivity contribution in [2.45, 2.75) is 51.8 Å². The fourth-order valence-electron chi connectivity index (χ4n) is 3.21. The summed E-state index contributed by atoms with van der Waals surface area (Å²) in [7, 11) is 1.69. The van der Waals surface area contributed by atoms with Gasteiger partial charge < -0.3 is 14.8 Å². The molecule has 0 heterocycles. The van der Waals surface area contributed by atoms with Gasteiger partial charge in [0.05, 0.1) is 7.11 Å². The number of methoxy groups -OCH3 is 1. The largest absolute Gasteiger partial charge is 0.493 e. The van der Waals surface area contributed by atoms with Gasteiger partial charge in [-0.05, 0) is 62.4 Å². The van der Waals surface area contributed by atoms with Crippen LogP contribution < -0.4 is 14.8 Å². The molecule has 0 aromatic heterocycles. The molecule has 2 aromatic carbocycles. The number of nitrogens with one attached hydrogen (secondary N) is 1. The maximum absolute atomic E-state index is 6.18. The maximum atomic E-state index is 6.18. The highest BCUT2D eigenvalue weighted by molar-refractivity contribution is 5.43. The van der Waals surface area contributed by atoms with Gasteiger partial charge in [-0.25, -0.2) is 0 Å². The third kappa shape index (κ3) is 4.89. The van der Waals surface area contributed by atoms with Crippen molar-refractivity contribution in [3.8, 4) is 11.5 Å². The molecule has 1 N–H and O–H groups in total. The van der Waals surface area contributed by atoms with E-state index in [0.717, 1.165) is 30.9 Å². The average molecular weight is 351 g/mol. The van der Waals surface area contributed by atoms with Crippen molar-refractivity contribution in [2.24, 2.45) is 0 Å². The molecule has 138 valence electrons. The van der Waals surface area contributed by atoms with Crippen molar-refractivity contribution in [1.82, 2.24) is 5.32 Å². The molecule has 0 amide bonds. The normalized spacial score (nSPS) is 17.7. The van der Waals surface area contributed by atoms with Crippen LogP contribution >= 0.6 is 0 Å². The van der Waals surface area contributed by atoms with Gasteiger partial charge in [-0.3, -0.25) is 0 Å². The molecule has 0 saturated heterocycles. The second kappa shape index (κ2) is 8.91. The number of ether oxygens (including phenoxy) is 2. The molecule has 1 aliphatic carbocycles. The van der Waals surface area contributed by atoms with Crippen molar-refractivity contribution in [3.63, 3.8) is 0 Å². The van der Waals surface area contributed by atoms with E-state index in [4.69, 9.17) is 9.47 Å². The second-order valence-electron chi connectivity index (χ2n) is 7.01. The molecule has 3 rings (SSSR count). The van der Waals surface area contributed by atoms with Crippen molar-refractivity contribution in [3.05, 3.63) is 71.3 Å². The Kier molecular flexibility index (Phi) is 6.35. The summed E-state index contributed by atoms with van der Waals surface area (Å²) in [5, 5.41) is 3.59. The van der Waals surface area contributed by atoms with Crippen molar-refractivity contribution >= 4 is 0 Å². The van der Waals surface area contributed by atoms with Crippen LogP contribution in [0.3, 0.4) is 0 Å². The minimum atomic E-state index is 0.146. The number of hydrogen-bond donors (Lipinski definition) is 1. The van der Waals surface area contributed by atoms with E-state index in [9.17, 15) is 0 Å². The molecule has 0 aliphatic heterocycles. The Balaban J connectivity index is 1.65. The molecular formula is C23H29NO2. The molecule has 2 aromatic rings. The first-order chi connectivity index (χ1) is 12.7. The lowest BCUT2D eigenvalue weighted by atomic mass is 10.1. The van der Waals surface area contributed by atoms with E-state index in [2.05, 4.69) is 67.7 Å². The number of aryl methyl sites for hydroxylation is 1. The Bertz CT molecular complexity index is 736. The predicted molar refractivity (Wildman–Crippen MR) is 107 cm³/mol. The summed E-state index contributed by atoms with van der Waals surface area (Å²) in [6.07, 6.45) is 7.90. The standard InChI is InChI=1S/C23H29NO2/c1-17-9-12-20(13-10-17)18(2)24-16-19-11-14-22(25-3)23(15-19)26-21-7-5-4-6-8-21/h5,7,9-15,18,21,24H,4,6,8,16H2,1-3H3.